The summed E-state index contributed by atoms with van der Waals surface area (Å²) in [6.45, 7) is 8.38. The van der Waals surface area contributed by atoms with Crippen molar-refractivity contribution in [3.8, 4) is 0 Å². The molecule has 0 saturated carbocycles. The fourth-order valence-electron chi connectivity index (χ4n) is 3.31. The topological polar surface area (TPSA) is 204 Å². The number of carbonyl (C=O) groups is 3. The zero-order chi connectivity index (χ0) is 30.3. The Morgan fingerprint density at radius 2 is 1.70 bits per heavy atom. The van der Waals surface area contributed by atoms with Crippen LogP contribution in [0.1, 0.15) is 34.6 Å². The van der Waals surface area contributed by atoms with Crippen LogP contribution in [-0.2, 0) is 41.8 Å². The first-order valence-electron chi connectivity index (χ1n) is 12.0. The van der Waals surface area contributed by atoms with E-state index < -0.39 is 88.8 Å². The summed E-state index contributed by atoms with van der Waals surface area (Å²) in [4.78, 5) is 36.4. The molecule has 0 spiro atoms. The number of rotatable bonds is 13. The zero-order valence-corrected chi connectivity index (χ0v) is 23.5. The zero-order valence-electron chi connectivity index (χ0n) is 22.6. The fourth-order valence-corrected chi connectivity index (χ4v) is 4.24. The lowest BCUT2D eigenvalue weighted by atomic mass is 9.90. The van der Waals surface area contributed by atoms with Crippen LogP contribution in [0.25, 0.3) is 0 Å². The van der Waals surface area contributed by atoms with Gasteiger partial charge in [-0.05, 0) is 46.3 Å². The van der Waals surface area contributed by atoms with Gasteiger partial charge >= 0.3 is 26.2 Å². The molecule has 228 valence electrons. The summed E-state index contributed by atoms with van der Waals surface area (Å²) in [7, 11) is -4.80. The van der Waals surface area contributed by atoms with Gasteiger partial charge in [-0.2, -0.15) is 0 Å². The highest BCUT2D eigenvalue weighted by atomic mass is 31.2. The molecule has 18 heteroatoms. The van der Waals surface area contributed by atoms with Gasteiger partial charge in [0.2, 0.25) is 13.6 Å². The van der Waals surface area contributed by atoms with E-state index in [0.29, 0.717) is 0 Å². The van der Waals surface area contributed by atoms with E-state index in [1.54, 1.807) is 27.7 Å². The fraction of sp³-hybridized carbons (Fsp3) is 0.682. The summed E-state index contributed by atoms with van der Waals surface area (Å²) in [5, 5.41) is 13.1. The molecule has 16 nitrogen and oxygen atoms in total. The largest absolute Gasteiger partial charge is 0.510 e. The number of urea groups is 1. The minimum absolute atomic E-state index is 0.0170. The number of nitrogens with two attached hydrogens (primary N) is 1. The van der Waals surface area contributed by atoms with E-state index >= 15 is 4.39 Å². The molecule has 0 radical (unpaired) electrons. The Morgan fingerprint density at radius 3 is 2.15 bits per heavy atom. The maximum Gasteiger partial charge on any atom is 0.510 e. The third kappa shape index (κ3) is 8.86. The van der Waals surface area contributed by atoms with Gasteiger partial charge in [-0.25, -0.2) is 32.4 Å². The smallest absolute Gasteiger partial charge is 0.432 e. The van der Waals surface area contributed by atoms with Gasteiger partial charge < -0.3 is 39.8 Å². The Kier molecular flexibility index (Phi) is 11.9. The molecule has 1 fully saturated rings. The monoisotopic (exact) mass is 599 g/mol. The highest BCUT2D eigenvalue weighted by molar-refractivity contribution is 7.48. The molecular weight excluding hydrogens is 564 g/mol. The van der Waals surface area contributed by atoms with Gasteiger partial charge in [-0.3, -0.25) is 9.42 Å². The predicted molar refractivity (Wildman–Crippen MR) is 132 cm³/mol. The highest BCUT2D eigenvalue weighted by Gasteiger charge is 2.59. The van der Waals surface area contributed by atoms with Gasteiger partial charge in [0.25, 0.3) is 0 Å². The first-order valence-corrected chi connectivity index (χ1v) is 13.5. The number of nitrogens with zero attached hydrogens (tertiary/aromatic N) is 1. The normalized spacial score (nSPS) is 26.6. The van der Waals surface area contributed by atoms with Gasteiger partial charge in [0.15, 0.2) is 12.4 Å². The number of hydrogen-bond acceptors (Lipinski definition) is 14. The van der Waals surface area contributed by atoms with Crippen molar-refractivity contribution in [3.05, 3.63) is 24.4 Å². The number of nitrogens with one attached hydrogen (secondary N) is 1. The second-order valence-corrected chi connectivity index (χ2v) is 10.8. The molecule has 5 atom stereocenters. The van der Waals surface area contributed by atoms with E-state index in [-0.39, 0.29) is 5.57 Å². The van der Waals surface area contributed by atoms with Crippen LogP contribution in [-0.4, -0.2) is 91.0 Å². The Labute approximate surface area is 230 Å². The number of phosphoric acid groups is 1. The summed E-state index contributed by atoms with van der Waals surface area (Å²) in [5.74, 6) is 0. The predicted octanol–water partition coefficient (Wildman–Crippen LogP) is 2.38. The Morgan fingerprint density at radius 1 is 1.18 bits per heavy atom. The summed E-state index contributed by atoms with van der Waals surface area (Å²) in [6.07, 6.45) is -7.50. The maximum absolute atomic E-state index is 15.3. The van der Waals surface area contributed by atoms with Crippen LogP contribution in [0.4, 0.5) is 18.8 Å². The maximum atomic E-state index is 15.3. The van der Waals surface area contributed by atoms with Crippen molar-refractivity contribution in [2.24, 2.45) is 5.73 Å². The van der Waals surface area contributed by atoms with E-state index in [9.17, 15) is 24.1 Å². The lowest BCUT2D eigenvalue weighted by Gasteiger charge is -2.34. The number of halogens is 1. The van der Waals surface area contributed by atoms with Crippen LogP contribution in [0.5, 0.6) is 0 Å². The lowest BCUT2D eigenvalue weighted by Crippen LogP contribution is -2.54. The number of amides is 2. The van der Waals surface area contributed by atoms with Crippen LogP contribution >= 0.6 is 7.82 Å². The highest BCUT2D eigenvalue weighted by Crippen LogP contribution is 2.52. The number of carbonyl (C=O) groups excluding carboxylic acids is 3. The Balaban J connectivity index is 2.19. The molecule has 0 aliphatic carbocycles. The first kappa shape index (κ1) is 33.4. The number of aliphatic hydroxyl groups excluding tert-OH is 1. The third-order valence-corrected chi connectivity index (χ3v) is 6.52. The molecule has 0 bridgehead atoms. The standard InChI is InChI=1S/C22H35FN3O13P/c1-12(2)22(17(27)16(23)18(39-22)26-8-7-15(24)25-19(26)28)9-34-40(31,35-10-32-20(29)37-13(3)4)36-11-33-21(30)38-14(5)6/h7-8,13-18,27H,1,9-11,24H2,2-6H3,(H,25,28)/t15?,16-,17+,18-,22+/m1/s1. The van der Waals surface area contributed by atoms with Crippen molar-refractivity contribution in [1.29, 1.82) is 0 Å². The number of ether oxygens (including phenoxy) is 5. The van der Waals surface area contributed by atoms with Crippen molar-refractivity contribution in [1.82, 2.24) is 10.2 Å². The van der Waals surface area contributed by atoms with Crippen LogP contribution < -0.4 is 11.1 Å². The molecule has 4 N–H and O–H groups in total. The van der Waals surface area contributed by atoms with E-state index in [1.807, 2.05) is 0 Å². The second kappa shape index (κ2) is 14.2. The average molecular weight is 600 g/mol. The number of hydrogen-bond donors (Lipinski definition) is 3. The van der Waals surface area contributed by atoms with Crippen LogP contribution in [0, 0.1) is 0 Å². The van der Waals surface area contributed by atoms with Crippen LogP contribution in [0.15, 0.2) is 24.4 Å². The van der Waals surface area contributed by atoms with Crippen molar-refractivity contribution in [3.63, 3.8) is 0 Å². The van der Waals surface area contributed by atoms with E-state index in [0.717, 1.165) is 4.90 Å². The summed E-state index contributed by atoms with van der Waals surface area (Å²) >= 11 is 0. The molecule has 2 amide bonds. The molecule has 0 aromatic rings. The van der Waals surface area contributed by atoms with E-state index in [4.69, 9.17) is 33.5 Å². The summed E-state index contributed by atoms with van der Waals surface area (Å²) in [6, 6.07) is -0.804. The molecule has 1 saturated heterocycles. The minimum Gasteiger partial charge on any atom is -0.432 e. The summed E-state index contributed by atoms with van der Waals surface area (Å²) < 4.78 is 68.3. The molecule has 2 rings (SSSR count). The first-order chi connectivity index (χ1) is 18.6. The van der Waals surface area contributed by atoms with Gasteiger partial charge in [0, 0.05) is 6.20 Å². The molecule has 2 aliphatic rings. The average Bonchev–Trinajstić information content (AvgIpc) is 3.08. The number of phosphoric ester groups is 1. The molecule has 40 heavy (non-hydrogen) atoms. The molecule has 2 heterocycles. The number of aliphatic hydroxyl groups is 1. The van der Waals surface area contributed by atoms with Crippen LogP contribution in [0.3, 0.4) is 0 Å². The second-order valence-electron chi connectivity index (χ2n) is 9.13. The van der Waals surface area contributed by atoms with Gasteiger partial charge in [0.05, 0.1) is 25.0 Å². The van der Waals surface area contributed by atoms with Gasteiger partial charge in [0.1, 0.15) is 11.7 Å². The van der Waals surface area contributed by atoms with Crippen molar-refractivity contribution >= 4 is 26.2 Å². The number of alkyl halides is 1. The quantitative estimate of drug-likeness (QED) is 0.120. The van der Waals surface area contributed by atoms with Crippen molar-refractivity contribution < 1.29 is 65.7 Å². The van der Waals surface area contributed by atoms with Crippen molar-refractivity contribution in [2.45, 2.75) is 77.1 Å². The minimum atomic E-state index is -4.80. The van der Waals surface area contributed by atoms with Crippen LogP contribution in [0.2, 0.25) is 0 Å². The SMILES string of the molecule is C=C(C)[C@]1(COP(=O)(OCOC(=O)OC(C)C)OCOC(=O)OC(C)C)O[C@@H](N2C=CC(N)NC2=O)[C@H](F)[C@@H]1O. The summed E-state index contributed by atoms with van der Waals surface area (Å²) in [5.41, 5.74) is 3.55. The molecule has 2 aliphatic heterocycles. The van der Waals surface area contributed by atoms with Crippen molar-refractivity contribution in [2.75, 3.05) is 20.2 Å². The molecule has 0 aromatic heterocycles. The van der Waals surface area contributed by atoms with E-state index in [2.05, 4.69) is 21.4 Å². The van der Waals surface area contributed by atoms with Gasteiger partial charge in [-0.15, -0.1) is 0 Å². The van der Waals surface area contributed by atoms with Gasteiger partial charge in [-0.1, -0.05) is 6.58 Å². The Bertz CT molecular complexity index is 980. The Hall–Kier alpha value is -2.79. The van der Waals surface area contributed by atoms with E-state index in [1.165, 1.54) is 19.2 Å². The molecular formula is C22H35FN3O13P. The lowest BCUT2D eigenvalue weighted by molar-refractivity contribution is -0.114. The molecule has 0 aromatic carbocycles. The third-order valence-electron chi connectivity index (χ3n) is 5.23. The molecule has 1 unspecified atom stereocenters.